The highest BCUT2D eigenvalue weighted by atomic mass is 35.5. The van der Waals surface area contributed by atoms with Crippen molar-refractivity contribution >= 4 is 35.1 Å². The largest absolute Gasteiger partial charge is 0.319 e. The Morgan fingerprint density at radius 2 is 2.14 bits per heavy atom. The monoisotopic (exact) mass is 343 g/mol. The van der Waals surface area contributed by atoms with E-state index in [2.05, 4.69) is 32.4 Å². The summed E-state index contributed by atoms with van der Waals surface area (Å²) in [5, 5.41) is 11.0. The zero-order chi connectivity index (χ0) is 13.8. The van der Waals surface area contributed by atoms with Crippen molar-refractivity contribution in [1.29, 1.82) is 0 Å². The van der Waals surface area contributed by atoms with Crippen LogP contribution in [0, 0.1) is 5.92 Å². The van der Waals surface area contributed by atoms with Gasteiger partial charge in [0.15, 0.2) is 0 Å². The topological polar surface area (TPSA) is 28.2 Å². The van der Waals surface area contributed by atoms with Crippen LogP contribution in [0.15, 0.2) is 22.2 Å². The van der Waals surface area contributed by atoms with Crippen LogP contribution in [0.3, 0.4) is 0 Å². The van der Waals surface area contributed by atoms with Crippen molar-refractivity contribution in [2.75, 3.05) is 26.7 Å². The molecule has 3 rings (SSSR count). The molecular weight excluding hydrogens is 322 g/mol. The van der Waals surface area contributed by atoms with Crippen LogP contribution in [0.2, 0.25) is 0 Å². The van der Waals surface area contributed by atoms with Gasteiger partial charge in [-0.1, -0.05) is 0 Å². The van der Waals surface area contributed by atoms with Gasteiger partial charge >= 0.3 is 0 Å². The van der Waals surface area contributed by atoms with Crippen LogP contribution >= 0.6 is 35.1 Å². The molecule has 0 aromatic carbocycles. The maximum atomic E-state index is 4.77. The van der Waals surface area contributed by atoms with Crippen LogP contribution < -0.4 is 5.32 Å². The fraction of sp³-hybridized carbons (Fsp3) is 0.533. The summed E-state index contributed by atoms with van der Waals surface area (Å²) in [4.78, 5) is 7.31. The molecule has 1 aliphatic heterocycles. The molecule has 6 heteroatoms. The number of aromatic nitrogens is 1. The first-order valence-corrected chi connectivity index (χ1v) is 9.01. The minimum atomic E-state index is 0. The zero-order valence-corrected chi connectivity index (χ0v) is 14.7. The number of nitrogens with one attached hydrogen (secondary N) is 1. The molecule has 0 saturated carbocycles. The van der Waals surface area contributed by atoms with E-state index in [-0.39, 0.29) is 12.4 Å². The van der Waals surface area contributed by atoms with E-state index >= 15 is 0 Å². The molecule has 1 saturated heterocycles. The Labute approximate surface area is 140 Å². The van der Waals surface area contributed by atoms with Gasteiger partial charge in [-0.05, 0) is 56.9 Å². The van der Waals surface area contributed by atoms with Crippen LogP contribution in [0.5, 0.6) is 0 Å². The second kappa shape index (κ2) is 8.25. The van der Waals surface area contributed by atoms with Gasteiger partial charge in [-0.3, -0.25) is 4.90 Å². The second-order valence-electron chi connectivity index (χ2n) is 5.43. The predicted octanol–water partition coefficient (Wildman–Crippen LogP) is 3.72. The average molecular weight is 344 g/mol. The summed E-state index contributed by atoms with van der Waals surface area (Å²) < 4.78 is 0. The van der Waals surface area contributed by atoms with Crippen molar-refractivity contribution in [3.05, 3.63) is 27.9 Å². The van der Waals surface area contributed by atoms with E-state index in [1.165, 1.54) is 37.2 Å². The number of halogens is 1. The van der Waals surface area contributed by atoms with Gasteiger partial charge in [-0.2, -0.15) is 11.3 Å². The second-order valence-corrected chi connectivity index (χ2v) is 7.07. The SMILES string of the molecule is CNCC1CCN(Cc2csc(-c3ccsc3)n2)CC1.Cl. The quantitative estimate of drug-likeness (QED) is 0.896. The lowest BCUT2D eigenvalue weighted by Gasteiger charge is -2.31. The van der Waals surface area contributed by atoms with E-state index in [1.807, 2.05) is 7.05 Å². The van der Waals surface area contributed by atoms with Crippen molar-refractivity contribution in [1.82, 2.24) is 15.2 Å². The summed E-state index contributed by atoms with van der Waals surface area (Å²) in [6.45, 7) is 4.58. The van der Waals surface area contributed by atoms with Crippen molar-refractivity contribution in [2.45, 2.75) is 19.4 Å². The summed E-state index contributed by atoms with van der Waals surface area (Å²) in [6.07, 6.45) is 2.62. The van der Waals surface area contributed by atoms with E-state index in [1.54, 1.807) is 22.7 Å². The van der Waals surface area contributed by atoms with Gasteiger partial charge < -0.3 is 5.32 Å². The van der Waals surface area contributed by atoms with E-state index in [4.69, 9.17) is 4.98 Å². The maximum Gasteiger partial charge on any atom is 0.124 e. The van der Waals surface area contributed by atoms with Crippen molar-refractivity contribution < 1.29 is 0 Å². The molecule has 1 N–H and O–H groups in total. The molecule has 3 heterocycles. The number of nitrogens with zero attached hydrogens (tertiary/aromatic N) is 2. The Morgan fingerprint density at radius 3 is 2.81 bits per heavy atom. The highest BCUT2D eigenvalue weighted by Gasteiger charge is 2.19. The highest BCUT2D eigenvalue weighted by Crippen LogP contribution is 2.26. The Bertz CT molecular complexity index is 519. The van der Waals surface area contributed by atoms with Gasteiger partial charge in [-0.25, -0.2) is 4.98 Å². The lowest BCUT2D eigenvalue weighted by molar-refractivity contribution is 0.175. The van der Waals surface area contributed by atoms with Crippen molar-refractivity contribution in [3.8, 4) is 10.6 Å². The van der Waals surface area contributed by atoms with Crippen LogP contribution in [-0.2, 0) is 6.54 Å². The number of rotatable bonds is 5. The zero-order valence-electron chi connectivity index (χ0n) is 12.2. The third-order valence-corrected chi connectivity index (χ3v) is 5.53. The molecule has 0 aliphatic carbocycles. The normalized spacial score (nSPS) is 16.8. The standard InChI is InChI=1S/C15H21N3S2.ClH/c1-16-8-12-2-5-18(6-3-12)9-14-11-20-15(17-14)13-4-7-19-10-13;/h4,7,10-12,16H,2-3,5-6,8-9H2,1H3;1H. The highest BCUT2D eigenvalue weighted by molar-refractivity contribution is 7.14. The molecule has 21 heavy (non-hydrogen) atoms. The summed E-state index contributed by atoms with van der Waals surface area (Å²) in [7, 11) is 2.05. The number of thiazole rings is 1. The number of hydrogen-bond donors (Lipinski definition) is 1. The molecule has 0 unspecified atom stereocenters. The van der Waals surface area contributed by atoms with Crippen LogP contribution in [0.25, 0.3) is 10.6 Å². The molecule has 0 bridgehead atoms. The summed E-state index contributed by atoms with van der Waals surface area (Å²) in [6, 6.07) is 2.15. The Kier molecular flexibility index (Phi) is 6.64. The van der Waals surface area contributed by atoms with E-state index in [9.17, 15) is 0 Å². The molecule has 116 valence electrons. The Morgan fingerprint density at radius 1 is 1.33 bits per heavy atom. The lowest BCUT2D eigenvalue weighted by Crippen LogP contribution is -2.36. The van der Waals surface area contributed by atoms with E-state index < -0.39 is 0 Å². The third kappa shape index (κ3) is 4.50. The number of thiophene rings is 1. The average Bonchev–Trinajstić information content (AvgIpc) is 3.12. The first-order chi connectivity index (χ1) is 9.85. The third-order valence-electron chi connectivity index (χ3n) is 3.91. The van der Waals surface area contributed by atoms with Gasteiger partial charge in [0.05, 0.1) is 5.69 Å². The predicted molar refractivity (Wildman–Crippen MR) is 94.6 cm³/mol. The molecule has 1 fully saturated rings. The molecule has 0 amide bonds. The van der Waals surface area contributed by atoms with Crippen molar-refractivity contribution in [2.24, 2.45) is 5.92 Å². The molecule has 0 spiro atoms. The van der Waals surface area contributed by atoms with Gasteiger partial charge in [-0.15, -0.1) is 23.7 Å². The fourth-order valence-electron chi connectivity index (χ4n) is 2.76. The number of hydrogen-bond acceptors (Lipinski definition) is 5. The molecule has 3 nitrogen and oxygen atoms in total. The van der Waals surface area contributed by atoms with Crippen LogP contribution in [0.1, 0.15) is 18.5 Å². The smallest absolute Gasteiger partial charge is 0.124 e. The molecule has 0 radical (unpaired) electrons. The first-order valence-electron chi connectivity index (χ1n) is 7.19. The first kappa shape index (κ1) is 16.9. The molecule has 0 atom stereocenters. The molecular formula is C15H22ClN3S2. The molecule has 1 aliphatic rings. The van der Waals surface area contributed by atoms with Gasteiger partial charge in [0.25, 0.3) is 0 Å². The molecule has 2 aromatic rings. The lowest BCUT2D eigenvalue weighted by atomic mass is 9.97. The summed E-state index contributed by atoms with van der Waals surface area (Å²) in [5.74, 6) is 0.855. The van der Waals surface area contributed by atoms with E-state index in [0.717, 1.165) is 24.0 Å². The van der Waals surface area contributed by atoms with Gasteiger partial charge in [0.1, 0.15) is 5.01 Å². The van der Waals surface area contributed by atoms with Gasteiger partial charge in [0.2, 0.25) is 0 Å². The van der Waals surface area contributed by atoms with E-state index in [0.29, 0.717) is 0 Å². The van der Waals surface area contributed by atoms with Crippen LogP contribution in [0.4, 0.5) is 0 Å². The summed E-state index contributed by atoms with van der Waals surface area (Å²) >= 11 is 3.50. The Hall–Kier alpha value is -0.460. The van der Waals surface area contributed by atoms with Crippen molar-refractivity contribution in [3.63, 3.8) is 0 Å². The maximum absolute atomic E-state index is 4.77. The number of piperidine rings is 1. The molecule has 2 aromatic heterocycles. The van der Waals surface area contributed by atoms with Gasteiger partial charge in [0, 0.05) is 22.9 Å². The summed E-state index contributed by atoms with van der Waals surface area (Å²) in [5.41, 5.74) is 2.49. The minimum absolute atomic E-state index is 0. The number of likely N-dealkylation sites (tertiary alicyclic amines) is 1. The minimum Gasteiger partial charge on any atom is -0.319 e. The van der Waals surface area contributed by atoms with Crippen LogP contribution in [-0.4, -0.2) is 36.6 Å². The Balaban J connectivity index is 0.00000161. The fourth-order valence-corrected chi connectivity index (χ4v) is 4.29.